The van der Waals surface area contributed by atoms with E-state index in [0.29, 0.717) is 11.8 Å². The van der Waals surface area contributed by atoms with Crippen molar-refractivity contribution in [2.24, 2.45) is 16.0 Å². The van der Waals surface area contributed by atoms with Crippen LogP contribution in [0.5, 0.6) is 0 Å². The zero-order valence-electron chi connectivity index (χ0n) is 16.0. The molecule has 2 N–H and O–H groups in total. The summed E-state index contributed by atoms with van der Waals surface area (Å²) in [6, 6.07) is 0. The SMILES string of the molecule is CCC(C)(C)CCCCOCCCCC(C)(C)CCS(N)(=O)=O. The first-order valence-corrected chi connectivity index (χ1v) is 10.8. The molecule has 0 bridgehead atoms. The third kappa shape index (κ3) is 15.2. The fourth-order valence-corrected chi connectivity index (χ4v) is 3.27. The van der Waals surface area contributed by atoms with E-state index in [4.69, 9.17) is 9.88 Å². The van der Waals surface area contributed by atoms with Gasteiger partial charge in [-0.2, -0.15) is 0 Å². The van der Waals surface area contributed by atoms with Gasteiger partial charge in [-0.1, -0.05) is 53.9 Å². The highest BCUT2D eigenvalue weighted by atomic mass is 32.2. The Morgan fingerprint density at radius 3 is 1.74 bits per heavy atom. The molecular formula is C18H39NO3S. The summed E-state index contributed by atoms with van der Waals surface area (Å²) in [6.07, 6.45) is 8.63. The first kappa shape index (κ1) is 22.9. The molecule has 0 aliphatic carbocycles. The van der Waals surface area contributed by atoms with Crippen molar-refractivity contribution in [3.63, 3.8) is 0 Å². The molecular weight excluding hydrogens is 310 g/mol. The van der Waals surface area contributed by atoms with E-state index in [1.165, 1.54) is 19.3 Å². The van der Waals surface area contributed by atoms with E-state index in [2.05, 4.69) is 34.6 Å². The van der Waals surface area contributed by atoms with E-state index < -0.39 is 10.0 Å². The summed E-state index contributed by atoms with van der Waals surface area (Å²) in [5.74, 6) is 0.0740. The fourth-order valence-electron chi connectivity index (χ4n) is 2.44. The molecule has 0 radical (unpaired) electrons. The molecule has 5 heteroatoms. The van der Waals surface area contributed by atoms with Gasteiger partial charge in [0.2, 0.25) is 10.0 Å². The molecule has 0 aromatic heterocycles. The van der Waals surface area contributed by atoms with Crippen LogP contribution in [0, 0.1) is 10.8 Å². The van der Waals surface area contributed by atoms with Crippen molar-refractivity contribution in [1.29, 1.82) is 0 Å². The molecule has 140 valence electrons. The van der Waals surface area contributed by atoms with Crippen LogP contribution in [0.3, 0.4) is 0 Å². The molecule has 0 saturated carbocycles. The lowest BCUT2D eigenvalue weighted by Gasteiger charge is -2.24. The van der Waals surface area contributed by atoms with E-state index in [1.807, 2.05) is 0 Å². The van der Waals surface area contributed by atoms with Gasteiger partial charge in [-0.25, -0.2) is 13.6 Å². The Labute approximate surface area is 144 Å². The second kappa shape index (κ2) is 10.7. The summed E-state index contributed by atoms with van der Waals surface area (Å²) in [7, 11) is -3.34. The summed E-state index contributed by atoms with van der Waals surface area (Å²) in [6.45, 7) is 12.8. The standard InChI is InChI=1S/C18H39NO3S/c1-6-17(2,3)11-7-9-14-22-15-10-8-12-18(4,5)13-16-23(19,20)21/h6-16H2,1-5H3,(H2,19,20,21). The summed E-state index contributed by atoms with van der Waals surface area (Å²) < 4.78 is 27.7. The van der Waals surface area contributed by atoms with E-state index in [1.54, 1.807) is 0 Å². The fraction of sp³-hybridized carbons (Fsp3) is 1.00. The lowest BCUT2D eigenvalue weighted by atomic mass is 9.84. The number of hydrogen-bond donors (Lipinski definition) is 1. The molecule has 4 nitrogen and oxygen atoms in total. The third-order valence-electron chi connectivity index (χ3n) is 4.80. The van der Waals surface area contributed by atoms with Crippen LogP contribution in [0.25, 0.3) is 0 Å². The average Bonchev–Trinajstić information content (AvgIpc) is 2.43. The molecule has 0 spiro atoms. The van der Waals surface area contributed by atoms with Crippen molar-refractivity contribution in [3.8, 4) is 0 Å². The molecule has 0 aromatic carbocycles. The highest BCUT2D eigenvalue weighted by molar-refractivity contribution is 7.89. The molecule has 0 atom stereocenters. The lowest BCUT2D eigenvalue weighted by Crippen LogP contribution is -2.22. The first-order valence-electron chi connectivity index (χ1n) is 9.06. The average molecular weight is 350 g/mol. The number of unbranched alkanes of at least 4 members (excludes halogenated alkanes) is 2. The van der Waals surface area contributed by atoms with Gasteiger partial charge in [-0.05, 0) is 42.9 Å². The zero-order valence-corrected chi connectivity index (χ0v) is 16.8. The van der Waals surface area contributed by atoms with Gasteiger partial charge in [0.25, 0.3) is 0 Å². The second-order valence-corrected chi connectivity index (χ2v) is 10.1. The Hall–Kier alpha value is -0.130. The maximum atomic E-state index is 11.0. The molecule has 0 unspecified atom stereocenters. The van der Waals surface area contributed by atoms with Crippen molar-refractivity contribution < 1.29 is 13.2 Å². The van der Waals surface area contributed by atoms with E-state index in [9.17, 15) is 8.42 Å². The zero-order chi connectivity index (χ0) is 18.0. The number of primary sulfonamides is 1. The Balaban J connectivity index is 3.55. The Morgan fingerprint density at radius 2 is 1.30 bits per heavy atom. The van der Waals surface area contributed by atoms with Gasteiger partial charge in [0, 0.05) is 13.2 Å². The van der Waals surface area contributed by atoms with Crippen LogP contribution in [0.15, 0.2) is 0 Å². The monoisotopic (exact) mass is 349 g/mol. The number of nitrogens with two attached hydrogens (primary N) is 1. The van der Waals surface area contributed by atoms with E-state index in [-0.39, 0.29) is 11.2 Å². The summed E-state index contributed by atoms with van der Waals surface area (Å²) in [5, 5.41) is 5.06. The normalized spacial score (nSPS) is 13.5. The molecule has 23 heavy (non-hydrogen) atoms. The van der Waals surface area contributed by atoms with Crippen LogP contribution in [-0.4, -0.2) is 27.4 Å². The van der Waals surface area contributed by atoms with Crippen LogP contribution in [0.1, 0.15) is 86.0 Å². The van der Waals surface area contributed by atoms with Gasteiger partial charge < -0.3 is 4.74 Å². The highest BCUT2D eigenvalue weighted by Gasteiger charge is 2.19. The van der Waals surface area contributed by atoms with Crippen LogP contribution in [0.4, 0.5) is 0 Å². The Bertz CT molecular complexity index is 402. The van der Waals surface area contributed by atoms with Crippen LogP contribution in [-0.2, 0) is 14.8 Å². The highest BCUT2D eigenvalue weighted by Crippen LogP contribution is 2.28. The molecule has 0 rings (SSSR count). The predicted molar refractivity (Wildman–Crippen MR) is 99.0 cm³/mol. The minimum atomic E-state index is -3.34. The molecule has 0 aromatic rings. The van der Waals surface area contributed by atoms with Gasteiger partial charge in [0.15, 0.2) is 0 Å². The molecule has 0 heterocycles. The number of sulfonamides is 1. The minimum Gasteiger partial charge on any atom is -0.381 e. The van der Waals surface area contributed by atoms with Crippen molar-refractivity contribution in [1.82, 2.24) is 0 Å². The number of hydrogen-bond acceptors (Lipinski definition) is 3. The lowest BCUT2D eigenvalue weighted by molar-refractivity contribution is 0.120. The van der Waals surface area contributed by atoms with Gasteiger partial charge in [-0.15, -0.1) is 0 Å². The predicted octanol–water partition coefficient (Wildman–Crippen LogP) is 4.48. The van der Waals surface area contributed by atoms with E-state index >= 15 is 0 Å². The van der Waals surface area contributed by atoms with Crippen LogP contribution < -0.4 is 5.14 Å². The number of rotatable bonds is 14. The van der Waals surface area contributed by atoms with Crippen molar-refractivity contribution in [3.05, 3.63) is 0 Å². The van der Waals surface area contributed by atoms with Crippen LogP contribution in [0.2, 0.25) is 0 Å². The van der Waals surface area contributed by atoms with Gasteiger partial charge in [0.1, 0.15) is 0 Å². The van der Waals surface area contributed by atoms with Gasteiger partial charge in [-0.3, -0.25) is 0 Å². The molecule has 0 amide bonds. The molecule has 0 fully saturated rings. The third-order valence-corrected chi connectivity index (χ3v) is 5.58. The second-order valence-electron chi connectivity index (χ2n) is 8.33. The largest absolute Gasteiger partial charge is 0.381 e. The first-order chi connectivity index (χ1) is 10.5. The topological polar surface area (TPSA) is 69.4 Å². The Kier molecular flexibility index (Phi) is 10.6. The molecule has 0 saturated heterocycles. The summed E-state index contributed by atoms with van der Waals surface area (Å²) in [5.41, 5.74) is 0.487. The number of ether oxygens (including phenoxy) is 1. The van der Waals surface area contributed by atoms with Crippen LogP contribution >= 0.6 is 0 Å². The quantitative estimate of drug-likeness (QED) is 0.470. The van der Waals surface area contributed by atoms with Crippen molar-refractivity contribution >= 4 is 10.0 Å². The van der Waals surface area contributed by atoms with Gasteiger partial charge in [0.05, 0.1) is 5.75 Å². The van der Waals surface area contributed by atoms with Crippen molar-refractivity contribution in [2.75, 3.05) is 19.0 Å². The summed E-state index contributed by atoms with van der Waals surface area (Å²) in [4.78, 5) is 0. The summed E-state index contributed by atoms with van der Waals surface area (Å²) >= 11 is 0. The van der Waals surface area contributed by atoms with Crippen molar-refractivity contribution in [2.45, 2.75) is 86.0 Å². The smallest absolute Gasteiger partial charge is 0.209 e. The maximum absolute atomic E-state index is 11.0. The van der Waals surface area contributed by atoms with E-state index in [0.717, 1.165) is 38.9 Å². The Morgan fingerprint density at radius 1 is 0.826 bits per heavy atom. The minimum absolute atomic E-state index is 0.0260. The molecule has 0 aliphatic heterocycles. The maximum Gasteiger partial charge on any atom is 0.209 e. The van der Waals surface area contributed by atoms with Gasteiger partial charge >= 0.3 is 0 Å². The molecule has 0 aliphatic rings.